The largest absolute Gasteiger partial charge is 0.353 e. The molecule has 0 saturated heterocycles. The Hall–Kier alpha value is -4.85. The number of carbonyl (C=O) groups is 1. The van der Waals surface area contributed by atoms with Crippen LogP contribution in [0.25, 0.3) is 55.6 Å². The van der Waals surface area contributed by atoms with Crippen molar-refractivity contribution in [3.05, 3.63) is 85.1 Å². The fourth-order valence-corrected chi connectivity index (χ4v) is 4.37. The lowest BCUT2D eigenvalue weighted by molar-refractivity contribution is -0.115. The molecule has 36 heavy (non-hydrogen) atoms. The van der Waals surface area contributed by atoms with Gasteiger partial charge < -0.3 is 10.3 Å². The molecule has 6 rings (SSSR count). The van der Waals surface area contributed by atoms with E-state index in [9.17, 15) is 9.18 Å². The third-order valence-electron chi connectivity index (χ3n) is 6.14. The van der Waals surface area contributed by atoms with E-state index in [0.29, 0.717) is 17.8 Å². The summed E-state index contributed by atoms with van der Waals surface area (Å²) in [5.41, 5.74) is 7.17. The van der Waals surface area contributed by atoms with Crippen LogP contribution in [-0.2, 0) is 4.79 Å². The number of halogens is 1. The van der Waals surface area contributed by atoms with Crippen LogP contribution < -0.4 is 5.32 Å². The summed E-state index contributed by atoms with van der Waals surface area (Å²) >= 11 is 0. The number of nitrogens with one attached hydrogen (secondary N) is 3. The lowest BCUT2D eigenvalue weighted by Gasteiger charge is -2.06. The Morgan fingerprint density at radius 2 is 1.83 bits per heavy atom. The fraction of sp³-hybridized carbons (Fsp3) is 0.0714. The van der Waals surface area contributed by atoms with E-state index < -0.39 is 0 Å². The van der Waals surface area contributed by atoms with Crippen molar-refractivity contribution in [2.45, 2.75) is 13.3 Å². The molecule has 2 aromatic carbocycles. The van der Waals surface area contributed by atoms with Gasteiger partial charge in [0.2, 0.25) is 5.91 Å². The van der Waals surface area contributed by atoms with Gasteiger partial charge in [0.1, 0.15) is 11.5 Å². The molecule has 0 radical (unpaired) electrons. The van der Waals surface area contributed by atoms with Gasteiger partial charge in [0.25, 0.3) is 0 Å². The zero-order valence-corrected chi connectivity index (χ0v) is 19.3. The van der Waals surface area contributed by atoms with Crippen LogP contribution in [0, 0.1) is 5.82 Å². The van der Waals surface area contributed by atoms with Crippen LogP contribution in [0.5, 0.6) is 0 Å². The summed E-state index contributed by atoms with van der Waals surface area (Å²) in [4.78, 5) is 24.1. The van der Waals surface area contributed by atoms with Gasteiger partial charge in [-0.05, 0) is 47.5 Å². The minimum atomic E-state index is -0.272. The van der Waals surface area contributed by atoms with Gasteiger partial charge in [-0.15, -0.1) is 0 Å². The first-order valence-corrected chi connectivity index (χ1v) is 11.6. The van der Waals surface area contributed by atoms with Crippen LogP contribution in [0.15, 0.2) is 79.3 Å². The van der Waals surface area contributed by atoms with Gasteiger partial charge in [0.05, 0.1) is 35.0 Å². The molecular formula is C28H21FN6O. The first-order chi connectivity index (χ1) is 17.6. The summed E-state index contributed by atoms with van der Waals surface area (Å²) in [5, 5.41) is 12.3. The number of aromatic amines is 2. The van der Waals surface area contributed by atoms with Gasteiger partial charge in [-0.25, -0.2) is 4.39 Å². The number of fused-ring (bicyclic) bond motifs is 2. The number of benzene rings is 2. The van der Waals surface area contributed by atoms with E-state index in [-0.39, 0.29) is 11.7 Å². The molecule has 176 valence electrons. The molecule has 0 atom stereocenters. The average Bonchev–Trinajstić information content (AvgIpc) is 3.52. The van der Waals surface area contributed by atoms with Crippen LogP contribution in [0.4, 0.5) is 10.1 Å². The first kappa shape index (κ1) is 21.7. The van der Waals surface area contributed by atoms with E-state index in [0.717, 1.165) is 49.9 Å². The zero-order chi connectivity index (χ0) is 24.6. The number of rotatable bonds is 5. The van der Waals surface area contributed by atoms with Crippen LogP contribution in [-0.4, -0.2) is 31.1 Å². The SMILES string of the molecule is CCC(=O)Nc1cncc(-c2cc3c(-c4cc5c(-c6cccc(F)c6)cccc5[nH]4)n[nH]c3cn2)c1. The predicted molar refractivity (Wildman–Crippen MR) is 139 cm³/mol. The summed E-state index contributed by atoms with van der Waals surface area (Å²) in [6, 6.07) is 18.4. The molecule has 4 aromatic heterocycles. The highest BCUT2D eigenvalue weighted by molar-refractivity contribution is 6.01. The molecule has 8 heteroatoms. The number of amides is 1. The second-order valence-corrected chi connectivity index (χ2v) is 8.51. The van der Waals surface area contributed by atoms with E-state index in [1.807, 2.05) is 42.5 Å². The average molecular weight is 477 g/mol. The third kappa shape index (κ3) is 3.88. The summed E-state index contributed by atoms with van der Waals surface area (Å²) in [6.45, 7) is 1.80. The number of aromatic nitrogens is 5. The quantitative estimate of drug-likeness (QED) is 0.271. The number of nitrogens with zero attached hydrogens (tertiary/aromatic N) is 3. The van der Waals surface area contributed by atoms with Crippen LogP contribution in [0.1, 0.15) is 13.3 Å². The molecule has 6 aromatic rings. The van der Waals surface area contributed by atoms with Crippen molar-refractivity contribution >= 4 is 33.4 Å². The maximum atomic E-state index is 13.9. The molecule has 0 bridgehead atoms. The van der Waals surface area contributed by atoms with Crippen LogP contribution >= 0.6 is 0 Å². The summed E-state index contributed by atoms with van der Waals surface area (Å²) < 4.78 is 13.9. The van der Waals surface area contributed by atoms with Crippen molar-refractivity contribution in [2.24, 2.45) is 0 Å². The second kappa shape index (κ2) is 8.74. The van der Waals surface area contributed by atoms with E-state index in [4.69, 9.17) is 0 Å². The molecule has 1 amide bonds. The Labute approximate surface area is 205 Å². The topological polar surface area (TPSA) is 99.4 Å². The van der Waals surface area contributed by atoms with E-state index in [1.165, 1.54) is 12.1 Å². The van der Waals surface area contributed by atoms with Gasteiger partial charge >= 0.3 is 0 Å². The van der Waals surface area contributed by atoms with Crippen molar-refractivity contribution in [1.29, 1.82) is 0 Å². The Balaban J connectivity index is 1.43. The highest BCUT2D eigenvalue weighted by atomic mass is 19.1. The van der Waals surface area contributed by atoms with E-state index in [1.54, 1.807) is 31.6 Å². The highest BCUT2D eigenvalue weighted by Crippen LogP contribution is 2.35. The van der Waals surface area contributed by atoms with Crippen LogP contribution in [0.3, 0.4) is 0 Å². The number of hydrogen-bond acceptors (Lipinski definition) is 4. The number of anilines is 1. The first-order valence-electron chi connectivity index (χ1n) is 11.6. The van der Waals surface area contributed by atoms with E-state index >= 15 is 0 Å². The number of pyridine rings is 2. The molecule has 0 aliphatic heterocycles. The summed E-state index contributed by atoms with van der Waals surface area (Å²) in [7, 11) is 0. The standard InChI is InChI=1S/C28H21FN6O/c1-2-27(36)32-19-10-17(13-30-14-19)24-12-22-26(15-31-24)34-35-28(22)25-11-21-20(7-4-8-23(21)33-25)16-5-3-6-18(29)9-16/h3-15,33H,2H2,1H3,(H,32,36)(H,34,35). The molecule has 0 unspecified atom stereocenters. The van der Waals surface area contributed by atoms with Crippen molar-refractivity contribution in [3.8, 4) is 33.8 Å². The Morgan fingerprint density at radius 1 is 0.944 bits per heavy atom. The van der Waals surface area contributed by atoms with Crippen molar-refractivity contribution in [2.75, 3.05) is 5.32 Å². The predicted octanol–water partition coefficient (Wildman–Crippen LogP) is 6.32. The lowest BCUT2D eigenvalue weighted by Crippen LogP contribution is -2.09. The molecule has 0 aliphatic rings. The monoisotopic (exact) mass is 476 g/mol. The number of hydrogen-bond donors (Lipinski definition) is 3. The number of H-pyrrole nitrogens is 2. The maximum absolute atomic E-state index is 13.9. The minimum absolute atomic E-state index is 0.0779. The molecule has 3 N–H and O–H groups in total. The van der Waals surface area contributed by atoms with E-state index in [2.05, 4.69) is 30.5 Å². The maximum Gasteiger partial charge on any atom is 0.224 e. The minimum Gasteiger partial charge on any atom is -0.353 e. The molecule has 0 fully saturated rings. The normalized spacial score (nSPS) is 11.3. The van der Waals surface area contributed by atoms with Crippen LogP contribution in [0.2, 0.25) is 0 Å². The molecule has 0 aliphatic carbocycles. The Morgan fingerprint density at radius 3 is 2.69 bits per heavy atom. The smallest absolute Gasteiger partial charge is 0.224 e. The zero-order valence-electron chi connectivity index (χ0n) is 19.3. The fourth-order valence-electron chi connectivity index (χ4n) is 4.37. The summed E-state index contributed by atoms with van der Waals surface area (Å²) in [5.74, 6) is -0.350. The Kier molecular flexibility index (Phi) is 5.26. The Bertz CT molecular complexity index is 1750. The van der Waals surface area contributed by atoms with Gasteiger partial charge in [-0.3, -0.25) is 19.9 Å². The second-order valence-electron chi connectivity index (χ2n) is 8.51. The van der Waals surface area contributed by atoms with Gasteiger partial charge in [0.15, 0.2) is 0 Å². The molecule has 0 spiro atoms. The highest BCUT2D eigenvalue weighted by Gasteiger charge is 2.15. The molecule has 0 saturated carbocycles. The molecular weight excluding hydrogens is 455 g/mol. The van der Waals surface area contributed by atoms with Crippen molar-refractivity contribution in [3.63, 3.8) is 0 Å². The molecule has 7 nitrogen and oxygen atoms in total. The van der Waals surface area contributed by atoms with Crippen molar-refractivity contribution < 1.29 is 9.18 Å². The van der Waals surface area contributed by atoms with Gasteiger partial charge in [-0.1, -0.05) is 31.2 Å². The number of carbonyl (C=O) groups excluding carboxylic acids is 1. The lowest BCUT2D eigenvalue weighted by atomic mass is 10.0. The summed E-state index contributed by atoms with van der Waals surface area (Å²) in [6.07, 6.45) is 5.45. The van der Waals surface area contributed by atoms with Gasteiger partial charge in [0, 0.05) is 34.5 Å². The van der Waals surface area contributed by atoms with Crippen molar-refractivity contribution in [1.82, 2.24) is 25.1 Å². The third-order valence-corrected chi connectivity index (χ3v) is 6.14. The molecule has 4 heterocycles. The van der Waals surface area contributed by atoms with Gasteiger partial charge in [-0.2, -0.15) is 5.10 Å².